The van der Waals surface area contributed by atoms with E-state index in [9.17, 15) is 4.79 Å². The van der Waals surface area contributed by atoms with E-state index in [-0.39, 0.29) is 5.91 Å². The van der Waals surface area contributed by atoms with Gasteiger partial charge in [0.2, 0.25) is 0 Å². The zero-order valence-electron chi connectivity index (χ0n) is 15.8. The van der Waals surface area contributed by atoms with Crippen LogP contribution in [0.4, 0.5) is 5.82 Å². The summed E-state index contributed by atoms with van der Waals surface area (Å²) < 4.78 is 12.8. The number of hydrogen-bond acceptors (Lipinski definition) is 4. The Kier molecular flexibility index (Phi) is 6.55. The van der Waals surface area contributed by atoms with E-state index in [0.717, 1.165) is 5.56 Å². The van der Waals surface area contributed by atoms with Gasteiger partial charge in [0.25, 0.3) is 5.91 Å². The van der Waals surface area contributed by atoms with Gasteiger partial charge in [0, 0.05) is 22.8 Å². The number of carbonyl (C=O) groups is 1. The van der Waals surface area contributed by atoms with Gasteiger partial charge < -0.3 is 14.8 Å². The molecular weight excluding hydrogens is 378 g/mol. The molecule has 6 nitrogen and oxygen atoms in total. The number of carbonyl (C=O) groups excluding carboxylic acids is 1. The fourth-order valence-electron chi connectivity index (χ4n) is 2.72. The zero-order chi connectivity index (χ0) is 19.9. The first kappa shape index (κ1) is 19.8. The van der Waals surface area contributed by atoms with E-state index in [1.165, 1.54) is 0 Å². The van der Waals surface area contributed by atoms with Crippen molar-refractivity contribution in [3.63, 3.8) is 0 Å². The Labute approximate surface area is 169 Å². The number of benzene rings is 2. The van der Waals surface area contributed by atoms with Gasteiger partial charge in [0.15, 0.2) is 17.3 Å². The maximum Gasteiger partial charge on any atom is 0.257 e. The summed E-state index contributed by atoms with van der Waals surface area (Å²) in [7, 11) is 0. The molecule has 0 bridgehead atoms. The maximum absolute atomic E-state index is 12.6. The van der Waals surface area contributed by atoms with Crippen LogP contribution in [0.1, 0.15) is 29.8 Å². The van der Waals surface area contributed by atoms with E-state index in [1.807, 2.05) is 38.1 Å². The van der Waals surface area contributed by atoms with E-state index in [2.05, 4.69) is 10.4 Å². The minimum absolute atomic E-state index is 0.267. The van der Waals surface area contributed by atoms with Crippen LogP contribution in [0.3, 0.4) is 0 Å². The molecule has 0 atom stereocenters. The number of aromatic nitrogens is 2. The van der Waals surface area contributed by atoms with Crippen molar-refractivity contribution in [1.82, 2.24) is 9.78 Å². The van der Waals surface area contributed by atoms with Crippen molar-refractivity contribution in [3.8, 4) is 11.5 Å². The average molecular weight is 400 g/mol. The number of halogens is 1. The van der Waals surface area contributed by atoms with Crippen LogP contribution in [0.15, 0.2) is 54.7 Å². The topological polar surface area (TPSA) is 65.4 Å². The Morgan fingerprint density at radius 1 is 1.07 bits per heavy atom. The Bertz CT molecular complexity index is 956. The molecule has 0 saturated heterocycles. The van der Waals surface area contributed by atoms with Crippen LogP contribution in [0, 0.1) is 0 Å². The maximum atomic E-state index is 12.6. The lowest BCUT2D eigenvalue weighted by atomic mass is 10.2. The Morgan fingerprint density at radius 3 is 2.61 bits per heavy atom. The molecule has 7 heteroatoms. The predicted octanol–water partition coefficient (Wildman–Crippen LogP) is 4.63. The van der Waals surface area contributed by atoms with Crippen LogP contribution in [-0.4, -0.2) is 28.9 Å². The minimum atomic E-state index is -0.267. The fourth-order valence-corrected chi connectivity index (χ4v) is 2.93. The molecule has 146 valence electrons. The fraction of sp³-hybridized carbons (Fsp3) is 0.238. The van der Waals surface area contributed by atoms with Gasteiger partial charge in [0.1, 0.15) is 0 Å². The molecular formula is C21H22ClN3O3. The molecule has 28 heavy (non-hydrogen) atoms. The number of nitrogens with zero attached hydrogens (tertiary/aromatic N) is 2. The average Bonchev–Trinajstić information content (AvgIpc) is 3.10. The molecule has 1 amide bonds. The highest BCUT2D eigenvalue weighted by molar-refractivity contribution is 6.30. The van der Waals surface area contributed by atoms with Crippen LogP contribution < -0.4 is 14.8 Å². The third kappa shape index (κ3) is 5.04. The number of ether oxygens (including phenoxy) is 2. The van der Waals surface area contributed by atoms with Gasteiger partial charge in [-0.05, 0) is 49.7 Å². The van der Waals surface area contributed by atoms with Crippen LogP contribution in [0.25, 0.3) is 0 Å². The molecule has 0 spiro atoms. The Morgan fingerprint density at radius 2 is 1.86 bits per heavy atom. The van der Waals surface area contributed by atoms with Crippen molar-refractivity contribution in [3.05, 3.63) is 70.9 Å². The second-order valence-electron chi connectivity index (χ2n) is 6.01. The lowest BCUT2D eigenvalue weighted by Crippen LogP contribution is -2.13. The number of rotatable bonds is 8. The van der Waals surface area contributed by atoms with Crippen LogP contribution in [0.5, 0.6) is 11.5 Å². The lowest BCUT2D eigenvalue weighted by molar-refractivity contribution is 0.102. The highest BCUT2D eigenvalue weighted by atomic mass is 35.5. The van der Waals surface area contributed by atoms with Gasteiger partial charge in [-0.25, -0.2) is 0 Å². The van der Waals surface area contributed by atoms with Crippen molar-refractivity contribution >= 4 is 23.3 Å². The van der Waals surface area contributed by atoms with Crippen molar-refractivity contribution in [2.75, 3.05) is 18.5 Å². The highest BCUT2D eigenvalue weighted by Crippen LogP contribution is 2.28. The predicted molar refractivity (Wildman–Crippen MR) is 110 cm³/mol. The summed E-state index contributed by atoms with van der Waals surface area (Å²) in [5.74, 6) is 1.37. The van der Waals surface area contributed by atoms with Gasteiger partial charge in [-0.1, -0.05) is 23.7 Å². The SMILES string of the molecule is CCOc1ccc(C(=O)Nc2ccn(Cc3cccc(Cl)c3)n2)cc1OCC. The van der Waals surface area contributed by atoms with E-state index in [4.69, 9.17) is 21.1 Å². The van der Waals surface area contributed by atoms with Crippen molar-refractivity contribution in [2.45, 2.75) is 20.4 Å². The number of nitrogens with one attached hydrogen (secondary N) is 1. The molecule has 0 radical (unpaired) electrons. The second kappa shape index (κ2) is 9.28. The largest absolute Gasteiger partial charge is 0.490 e. The monoisotopic (exact) mass is 399 g/mol. The second-order valence-corrected chi connectivity index (χ2v) is 6.45. The molecule has 1 heterocycles. The van der Waals surface area contributed by atoms with Gasteiger partial charge in [-0.3, -0.25) is 9.48 Å². The van der Waals surface area contributed by atoms with Crippen LogP contribution >= 0.6 is 11.6 Å². The first-order valence-electron chi connectivity index (χ1n) is 9.08. The summed E-state index contributed by atoms with van der Waals surface area (Å²) >= 11 is 6.01. The number of hydrogen-bond donors (Lipinski definition) is 1. The van der Waals surface area contributed by atoms with E-state index in [1.54, 1.807) is 35.1 Å². The zero-order valence-corrected chi connectivity index (χ0v) is 16.6. The van der Waals surface area contributed by atoms with E-state index >= 15 is 0 Å². The molecule has 3 aromatic rings. The lowest BCUT2D eigenvalue weighted by Gasteiger charge is -2.12. The molecule has 1 aromatic heterocycles. The van der Waals surface area contributed by atoms with E-state index < -0.39 is 0 Å². The molecule has 0 aliphatic heterocycles. The van der Waals surface area contributed by atoms with Crippen molar-refractivity contribution in [2.24, 2.45) is 0 Å². The number of amides is 1. The summed E-state index contributed by atoms with van der Waals surface area (Å²) in [4.78, 5) is 12.6. The molecule has 1 N–H and O–H groups in total. The number of anilines is 1. The van der Waals surface area contributed by atoms with E-state index in [0.29, 0.717) is 47.7 Å². The van der Waals surface area contributed by atoms with Crippen molar-refractivity contribution < 1.29 is 14.3 Å². The van der Waals surface area contributed by atoms with Crippen LogP contribution in [0.2, 0.25) is 5.02 Å². The summed E-state index contributed by atoms with van der Waals surface area (Å²) in [6, 6.07) is 14.4. The molecule has 0 aliphatic carbocycles. The van der Waals surface area contributed by atoms with Gasteiger partial charge in [-0.2, -0.15) is 5.10 Å². The van der Waals surface area contributed by atoms with Crippen molar-refractivity contribution in [1.29, 1.82) is 0 Å². The van der Waals surface area contributed by atoms with Crippen LogP contribution in [-0.2, 0) is 6.54 Å². The molecule has 3 rings (SSSR count). The summed E-state index contributed by atoms with van der Waals surface area (Å²) in [6.07, 6.45) is 1.81. The van der Waals surface area contributed by atoms with Gasteiger partial charge in [-0.15, -0.1) is 0 Å². The minimum Gasteiger partial charge on any atom is -0.490 e. The smallest absolute Gasteiger partial charge is 0.257 e. The quantitative estimate of drug-likeness (QED) is 0.599. The molecule has 0 fully saturated rings. The molecule has 2 aromatic carbocycles. The normalized spacial score (nSPS) is 10.5. The first-order valence-corrected chi connectivity index (χ1v) is 9.45. The van der Waals surface area contributed by atoms with Gasteiger partial charge in [0.05, 0.1) is 19.8 Å². The standard InChI is InChI=1S/C21H22ClN3O3/c1-3-27-18-9-8-16(13-19(18)28-4-2)21(26)23-20-10-11-25(24-20)14-15-6-5-7-17(22)12-15/h5-13H,3-4,14H2,1-2H3,(H,23,24,26). The first-order chi connectivity index (χ1) is 13.6. The van der Waals surface area contributed by atoms with Gasteiger partial charge >= 0.3 is 0 Å². The third-order valence-corrected chi connectivity index (χ3v) is 4.16. The Balaban J connectivity index is 1.69. The highest BCUT2D eigenvalue weighted by Gasteiger charge is 2.13. The Hall–Kier alpha value is -2.99. The summed E-state index contributed by atoms with van der Waals surface area (Å²) in [5, 5.41) is 7.87. The molecule has 0 saturated carbocycles. The summed E-state index contributed by atoms with van der Waals surface area (Å²) in [5.41, 5.74) is 1.50. The molecule has 0 aliphatic rings. The summed E-state index contributed by atoms with van der Waals surface area (Å²) in [6.45, 7) is 5.35. The third-order valence-electron chi connectivity index (χ3n) is 3.92. The molecule has 0 unspecified atom stereocenters.